The maximum Gasteiger partial charge on any atom is 0.279 e. The van der Waals surface area contributed by atoms with Crippen LogP contribution in [0.1, 0.15) is 21.6 Å². The second-order valence-electron chi connectivity index (χ2n) is 6.82. The van der Waals surface area contributed by atoms with Crippen LogP contribution < -0.4 is 0 Å². The van der Waals surface area contributed by atoms with Gasteiger partial charge in [-0.05, 0) is 35.7 Å². The maximum atomic E-state index is 13.2. The van der Waals surface area contributed by atoms with Gasteiger partial charge in [0.1, 0.15) is 5.82 Å². The summed E-state index contributed by atoms with van der Waals surface area (Å²) in [5.41, 5.74) is 3.89. The highest BCUT2D eigenvalue weighted by molar-refractivity contribution is 7.08. The molecule has 0 atom stereocenters. The number of aryl methyl sites for hydroxylation is 1. The van der Waals surface area contributed by atoms with Gasteiger partial charge in [0, 0.05) is 42.2 Å². The van der Waals surface area contributed by atoms with Crippen molar-refractivity contribution < 1.29 is 13.7 Å². The van der Waals surface area contributed by atoms with Crippen LogP contribution in [0.5, 0.6) is 0 Å². The molecule has 9 heteroatoms. The molecule has 0 bridgehead atoms. The number of aromatic nitrogens is 4. The van der Waals surface area contributed by atoms with E-state index in [9.17, 15) is 9.18 Å². The average Bonchev–Trinajstić information content (AvgIpc) is 3.48. The van der Waals surface area contributed by atoms with E-state index in [2.05, 4.69) is 15.2 Å². The molecule has 146 valence electrons. The number of hydrogen-bond donors (Lipinski definition) is 0. The lowest BCUT2D eigenvalue weighted by Gasteiger charge is -2.27. The number of carbonyl (C=O) groups is 1. The molecule has 0 spiro atoms. The van der Waals surface area contributed by atoms with Crippen LogP contribution >= 0.6 is 11.3 Å². The normalized spacial score (nSPS) is 13.5. The number of carbonyl (C=O) groups excluding carboxylic acids is 1. The van der Waals surface area contributed by atoms with Crippen LogP contribution in [0.25, 0.3) is 23.0 Å². The van der Waals surface area contributed by atoms with E-state index in [-0.39, 0.29) is 17.6 Å². The maximum absolute atomic E-state index is 13.2. The molecule has 5 rings (SSSR count). The molecule has 0 unspecified atom stereocenters. The Labute approximate surface area is 169 Å². The quantitative estimate of drug-likeness (QED) is 0.517. The first-order valence-electron chi connectivity index (χ1n) is 9.06. The smallest absolute Gasteiger partial charge is 0.279 e. The number of hydrogen-bond acceptors (Lipinski definition) is 6. The second kappa shape index (κ2) is 6.93. The minimum atomic E-state index is -0.327. The van der Waals surface area contributed by atoms with Crippen LogP contribution in [0, 0.1) is 5.82 Å². The van der Waals surface area contributed by atoms with Crippen LogP contribution in [-0.4, -0.2) is 37.3 Å². The van der Waals surface area contributed by atoms with Crippen LogP contribution in [0.15, 0.2) is 45.6 Å². The van der Waals surface area contributed by atoms with Crippen molar-refractivity contribution in [2.45, 2.75) is 13.0 Å². The summed E-state index contributed by atoms with van der Waals surface area (Å²) < 4.78 is 20.4. The molecule has 1 amide bonds. The summed E-state index contributed by atoms with van der Waals surface area (Å²) in [5.74, 6) is 0.323. The Hall–Kier alpha value is -3.33. The lowest BCUT2D eigenvalue weighted by molar-refractivity contribution is 0.0734. The van der Waals surface area contributed by atoms with Gasteiger partial charge in [0.2, 0.25) is 5.82 Å². The highest BCUT2D eigenvalue weighted by Crippen LogP contribution is 2.30. The molecule has 0 saturated heterocycles. The van der Waals surface area contributed by atoms with Gasteiger partial charge < -0.3 is 9.42 Å². The minimum Gasteiger partial charge on any atom is -0.334 e. The van der Waals surface area contributed by atoms with Crippen molar-refractivity contribution in [1.82, 2.24) is 24.8 Å². The Bertz CT molecular complexity index is 1180. The Morgan fingerprint density at radius 2 is 2.07 bits per heavy atom. The zero-order valence-electron chi connectivity index (χ0n) is 15.5. The van der Waals surface area contributed by atoms with E-state index in [4.69, 9.17) is 4.52 Å². The van der Waals surface area contributed by atoms with E-state index in [1.165, 1.54) is 23.5 Å². The molecule has 3 aromatic heterocycles. The van der Waals surface area contributed by atoms with Crippen molar-refractivity contribution in [3.8, 4) is 23.0 Å². The van der Waals surface area contributed by atoms with Gasteiger partial charge in [-0.25, -0.2) is 4.39 Å². The first-order chi connectivity index (χ1) is 14.1. The Morgan fingerprint density at radius 1 is 1.24 bits per heavy atom. The predicted octanol–water partition coefficient (Wildman–Crippen LogP) is 3.54. The van der Waals surface area contributed by atoms with Crippen molar-refractivity contribution in [3.05, 3.63) is 63.7 Å². The van der Waals surface area contributed by atoms with E-state index < -0.39 is 0 Å². The Balaban J connectivity index is 1.47. The topological polar surface area (TPSA) is 77.1 Å². The molecular weight excluding hydrogens is 393 g/mol. The van der Waals surface area contributed by atoms with Crippen molar-refractivity contribution in [2.24, 2.45) is 7.05 Å². The Kier molecular flexibility index (Phi) is 4.24. The molecule has 0 radical (unpaired) electrons. The summed E-state index contributed by atoms with van der Waals surface area (Å²) in [7, 11) is 1.87. The fourth-order valence-corrected chi connectivity index (χ4v) is 4.17. The van der Waals surface area contributed by atoms with Crippen LogP contribution in [-0.2, 0) is 20.0 Å². The first-order valence-corrected chi connectivity index (χ1v) is 10.0. The third-order valence-electron chi connectivity index (χ3n) is 5.03. The fourth-order valence-electron chi connectivity index (χ4n) is 3.54. The monoisotopic (exact) mass is 409 g/mol. The molecule has 7 nitrogen and oxygen atoms in total. The van der Waals surface area contributed by atoms with E-state index >= 15 is 0 Å². The molecule has 0 N–H and O–H groups in total. The number of fused-ring (bicyclic) bond motifs is 1. The third-order valence-corrected chi connectivity index (χ3v) is 5.71. The van der Waals surface area contributed by atoms with Gasteiger partial charge in [0.25, 0.3) is 11.8 Å². The summed E-state index contributed by atoms with van der Waals surface area (Å²) in [6.45, 7) is 1.06. The van der Waals surface area contributed by atoms with Crippen molar-refractivity contribution in [3.63, 3.8) is 0 Å². The molecule has 1 aromatic carbocycles. The molecule has 1 aliphatic heterocycles. The predicted molar refractivity (Wildman–Crippen MR) is 105 cm³/mol. The van der Waals surface area contributed by atoms with Gasteiger partial charge in [0.05, 0.1) is 12.1 Å². The summed E-state index contributed by atoms with van der Waals surface area (Å²) in [6, 6.07) is 7.72. The largest absolute Gasteiger partial charge is 0.334 e. The highest BCUT2D eigenvalue weighted by atomic mass is 32.1. The van der Waals surface area contributed by atoms with Crippen LogP contribution in [0.2, 0.25) is 0 Å². The van der Waals surface area contributed by atoms with Crippen molar-refractivity contribution in [2.75, 3.05) is 6.54 Å². The summed E-state index contributed by atoms with van der Waals surface area (Å²) in [6.07, 6.45) is 0.702. The zero-order valence-corrected chi connectivity index (χ0v) is 16.3. The summed E-state index contributed by atoms with van der Waals surface area (Å²) in [4.78, 5) is 19.0. The molecule has 0 saturated carbocycles. The highest BCUT2D eigenvalue weighted by Gasteiger charge is 2.30. The summed E-state index contributed by atoms with van der Waals surface area (Å²) >= 11 is 1.50. The van der Waals surface area contributed by atoms with Gasteiger partial charge in [-0.1, -0.05) is 5.16 Å². The fraction of sp³-hybridized carbons (Fsp3) is 0.200. The number of thiophene rings is 1. The molecule has 0 aliphatic carbocycles. The van der Waals surface area contributed by atoms with Crippen molar-refractivity contribution in [1.29, 1.82) is 0 Å². The van der Waals surface area contributed by atoms with Crippen LogP contribution in [0.4, 0.5) is 4.39 Å². The molecule has 4 heterocycles. The molecule has 1 aliphatic rings. The number of nitrogens with zero attached hydrogens (tertiary/aromatic N) is 5. The average molecular weight is 409 g/mol. The number of rotatable bonds is 3. The van der Waals surface area contributed by atoms with Gasteiger partial charge >= 0.3 is 0 Å². The van der Waals surface area contributed by atoms with Gasteiger partial charge in [-0.15, -0.1) is 0 Å². The molecule has 29 heavy (non-hydrogen) atoms. The molecule has 0 fully saturated rings. The van der Waals surface area contributed by atoms with Gasteiger partial charge in [-0.3, -0.25) is 9.48 Å². The number of amides is 1. The van der Waals surface area contributed by atoms with E-state index in [0.717, 1.165) is 11.3 Å². The van der Waals surface area contributed by atoms with Crippen LogP contribution in [0.3, 0.4) is 0 Å². The lowest BCUT2D eigenvalue weighted by Crippen LogP contribution is -2.36. The number of halogens is 1. The van der Waals surface area contributed by atoms with Gasteiger partial charge in [0.15, 0.2) is 5.69 Å². The standard InChI is InChI=1S/C20H16FN5O2S/c1-25-16-6-8-26(20(27)13-7-9-29-11-13)10-15(16)17(23-25)19-22-18(24-28-19)12-2-4-14(21)5-3-12/h2-5,7,9,11H,6,8,10H2,1H3. The SMILES string of the molecule is Cn1nc(-c2nc(-c3ccc(F)cc3)no2)c2c1CCN(C(=O)c1ccsc1)C2. The van der Waals surface area contributed by atoms with Crippen molar-refractivity contribution >= 4 is 17.2 Å². The van der Waals surface area contributed by atoms with E-state index in [1.54, 1.807) is 16.8 Å². The van der Waals surface area contributed by atoms with E-state index in [1.807, 2.05) is 28.8 Å². The number of benzene rings is 1. The van der Waals surface area contributed by atoms with Gasteiger partial charge in [-0.2, -0.15) is 21.4 Å². The Morgan fingerprint density at radius 3 is 2.83 bits per heavy atom. The second-order valence-corrected chi connectivity index (χ2v) is 7.60. The van der Waals surface area contributed by atoms with E-state index in [0.29, 0.717) is 42.2 Å². The molecular formula is C20H16FN5O2S. The molecule has 4 aromatic rings. The zero-order chi connectivity index (χ0) is 20.0. The lowest BCUT2D eigenvalue weighted by atomic mass is 10.0. The first kappa shape index (κ1) is 17.7. The third kappa shape index (κ3) is 3.13. The summed E-state index contributed by atoms with van der Waals surface area (Å²) in [5, 5.41) is 12.3. The minimum absolute atomic E-state index is 0.00392.